The first-order chi connectivity index (χ1) is 6.31. The molecule has 0 bridgehead atoms. The highest BCUT2D eigenvalue weighted by atomic mass is 16.1. The van der Waals surface area contributed by atoms with Gasteiger partial charge in [0.15, 0.2) is 0 Å². The molecule has 2 rings (SSSR count). The van der Waals surface area contributed by atoms with Gasteiger partial charge in [-0.1, -0.05) is 6.07 Å². The van der Waals surface area contributed by atoms with E-state index in [-0.39, 0.29) is 0 Å². The van der Waals surface area contributed by atoms with Crippen molar-refractivity contribution in [3.63, 3.8) is 0 Å². The van der Waals surface area contributed by atoms with Crippen LogP contribution in [0.4, 0.5) is 11.4 Å². The molecular formula is C10H10N2O. The summed E-state index contributed by atoms with van der Waals surface area (Å²) in [5.74, 6) is 0. The summed E-state index contributed by atoms with van der Waals surface area (Å²) >= 11 is 0. The molecule has 0 aliphatic carbocycles. The summed E-state index contributed by atoms with van der Waals surface area (Å²) in [5, 5.41) is 0. The Morgan fingerprint density at radius 2 is 2.38 bits per heavy atom. The minimum atomic E-state index is 0.683. The van der Waals surface area contributed by atoms with E-state index in [1.807, 2.05) is 25.2 Å². The van der Waals surface area contributed by atoms with E-state index >= 15 is 0 Å². The fourth-order valence-corrected chi connectivity index (χ4v) is 1.65. The Morgan fingerprint density at radius 1 is 1.54 bits per heavy atom. The molecule has 0 unspecified atom stereocenters. The van der Waals surface area contributed by atoms with Crippen LogP contribution in [0.3, 0.4) is 0 Å². The van der Waals surface area contributed by atoms with Gasteiger partial charge in [-0.15, -0.1) is 0 Å². The van der Waals surface area contributed by atoms with Crippen LogP contribution in [-0.2, 0) is 11.2 Å². The topological polar surface area (TPSA) is 32.7 Å². The van der Waals surface area contributed by atoms with Gasteiger partial charge in [0.25, 0.3) is 0 Å². The molecule has 0 saturated heterocycles. The molecule has 13 heavy (non-hydrogen) atoms. The summed E-state index contributed by atoms with van der Waals surface area (Å²) in [6.07, 6.45) is 2.63. The molecule has 1 heterocycles. The van der Waals surface area contributed by atoms with Crippen molar-refractivity contribution in [2.75, 3.05) is 18.5 Å². The van der Waals surface area contributed by atoms with E-state index in [0.29, 0.717) is 5.69 Å². The fraction of sp³-hybridized carbons (Fsp3) is 0.300. The number of fused-ring (bicyclic) bond motifs is 1. The lowest BCUT2D eigenvalue weighted by Crippen LogP contribution is -2.12. The zero-order valence-electron chi connectivity index (χ0n) is 7.45. The van der Waals surface area contributed by atoms with Crippen molar-refractivity contribution in [3.8, 4) is 0 Å². The van der Waals surface area contributed by atoms with Gasteiger partial charge in [0, 0.05) is 19.3 Å². The van der Waals surface area contributed by atoms with Crippen LogP contribution in [0.1, 0.15) is 5.56 Å². The van der Waals surface area contributed by atoms with E-state index in [2.05, 4.69) is 9.89 Å². The van der Waals surface area contributed by atoms with E-state index in [9.17, 15) is 4.79 Å². The van der Waals surface area contributed by atoms with Gasteiger partial charge in [0.2, 0.25) is 6.08 Å². The van der Waals surface area contributed by atoms with Crippen LogP contribution in [-0.4, -0.2) is 19.7 Å². The van der Waals surface area contributed by atoms with Crippen molar-refractivity contribution in [1.29, 1.82) is 0 Å². The number of aliphatic imine (C=N–C) groups is 1. The number of isocyanates is 1. The first kappa shape index (κ1) is 8.02. The van der Waals surface area contributed by atoms with Crippen molar-refractivity contribution in [2.24, 2.45) is 4.99 Å². The van der Waals surface area contributed by atoms with Crippen molar-refractivity contribution >= 4 is 17.5 Å². The molecule has 1 aliphatic rings. The van der Waals surface area contributed by atoms with Crippen LogP contribution >= 0.6 is 0 Å². The molecule has 0 atom stereocenters. The van der Waals surface area contributed by atoms with Crippen LogP contribution in [0.5, 0.6) is 0 Å². The Balaban J connectivity index is 2.47. The van der Waals surface area contributed by atoms with Crippen molar-refractivity contribution < 1.29 is 4.79 Å². The summed E-state index contributed by atoms with van der Waals surface area (Å²) in [4.78, 5) is 15.8. The Morgan fingerprint density at radius 3 is 3.15 bits per heavy atom. The second-order valence-corrected chi connectivity index (χ2v) is 3.19. The minimum absolute atomic E-state index is 0.683. The second-order valence-electron chi connectivity index (χ2n) is 3.19. The van der Waals surface area contributed by atoms with Gasteiger partial charge in [0.1, 0.15) is 0 Å². The number of likely N-dealkylation sites (N-methyl/N-ethyl adjacent to an activating group) is 1. The van der Waals surface area contributed by atoms with Gasteiger partial charge in [-0.3, -0.25) is 0 Å². The highest BCUT2D eigenvalue weighted by molar-refractivity contribution is 5.65. The summed E-state index contributed by atoms with van der Waals surface area (Å²) < 4.78 is 0. The molecule has 0 N–H and O–H groups in total. The molecule has 1 aliphatic heterocycles. The van der Waals surface area contributed by atoms with Crippen LogP contribution in [0.25, 0.3) is 0 Å². The molecule has 3 heteroatoms. The third kappa shape index (κ3) is 1.34. The second kappa shape index (κ2) is 3.04. The molecular weight excluding hydrogens is 164 g/mol. The standard InChI is InChI=1S/C10H10N2O/c1-12-5-4-8-2-3-9(11-7-13)6-10(8)12/h2-3,6H,4-5H2,1H3. The van der Waals surface area contributed by atoms with Gasteiger partial charge in [-0.25, -0.2) is 4.79 Å². The number of anilines is 1. The van der Waals surface area contributed by atoms with Gasteiger partial charge < -0.3 is 4.90 Å². The maximum absolute atomic E-state index is 10.1. The SMILES string of the molecule is CN1CCc2ccc(N=C=O)cc21. The number of hydrogen-bond acceptors (Lipinski definition) is 3. The van der Waals surface area contributed by atoms with Gasteiger partial charge in [-0.05, 0) is 24.1 Å². The zero-order chi connectivity index (χ0) is 9.26. The molecule has 0 spiro atoms. The Hall–Kier alpha value is -1.60. The normalized spacial score (nSPS) is 13.8. The fourth-order valence-electron chi connectivity index (χ4n) is 1.65. The summed E-state index contributed by atoms with van der Waals surface area (Å²) in [7, 11) is 2.04. The van der Waals surface area contributed by atoms with Gasteiger partial charge in [0.05, 0.1) is 5.69 Å². The Labute approximate surface area is 76.7 Å². The smallest absolute Gasteiger partial charge is 0.240 e. The lowest BCUT2D eigenvalue weighted by molar-refractivity contribution is 0.565. The number of hydrogen-bond donors (Lipinski definition) is 0. The molecule has 1 aromatic carbocycles. The van der Waals surface area contributed by atoms with Crippen molar-refractivity contribution in [2.45, 2.75) is 6.42 Å². The van der Waals surface area contributed by atoms with E-state index in [4.69, 9.17) is 0 Å². The predicted molar refractivity (Wildman–Crippen MR) is 51.2 cm³/mol. The predicted octanol–water partition coefficient (Wildman–Crippen LogP) is 1.65. The number of carbonyl (C=O) groups excluding carboxylic acids is 1. The molecule has 3 nitrogen and oxygen atoms in total. The summed E-state index contributed by atoms with van der Waals surface area (Å²) in [6, 6.07) is 5.80. The maximum Gasteiger partial charge on any atom is 0.240 e. The summed E-state index contributed by atoms with van der Waals surface area (Å²) in [6.45, 7) is 1.05. The quantitative estimate of drug-likeness (QED) is 0.479. The van der Waals surface area contributed by atoms with Gasteiger partial charge in [-0.2, -0.15) is 4.99 Å². The highest BCUT2D eigenvalue weighted by Crippen LogP contribution is 2.30. The first-order valence-electron chi connectivity index (χ1n) is 4.23. The Bertz CT molecular complexity index is 381. The van der Waals surface area contributed by atoms with Crippen LogP contribution in [0, 0.1) is 0 Å². The number of rotatable bonds is 1. The third-order valence-corrected chi connectivity index (χ3v) is 2.37. The largest absolute Gasteiger partial charge is 0.374 e. The van der Waals surface area contributed by atoms with Gasteiger partial charge >= 0.3 is 0 Å². The molecule has 66 valence electrons. The van der Waals surface area contributed by atoms with Crippen molar-refractivity contribution in [1.82, 2.24) is 0 Å². The van der Waals surface area contributed by atoms with Crippen molar-refractivity contribution in [3.05, 3.63) is 23.8 Å². The van der Waals surface area contributed by atoms with E-state index in [1.165, 1.54) is 11.3 Å². The molecule has 1 aromatic rings. The van der Waals surface area contributed by atoms with Crippen LogP contribution in [0.2, 0.25) is 0 Å². The monoisotopic (exact) mass is 174 g/mol. The number of benzene rings is 1. The lowest BCUT2D eigenvalue weighted by Gasteiger charge is -2.11. The summed E-state index contributed by atoms with van der Waals surface area (Å²) in [5.41, 5.74) is 3.19. The lowest BCUT2D eigenvalue weighted by atomic mass is 10.1. The molecule has 0 radical (unpaired) electrons. The van der Waals surface area contributed by atoms with Crippen LogP contribution in [0.15, 0.2) is 23.2 Å². The average Bonchev–Trinajstić information content (AvgIpc) is 2.49. The molecule has 0 aromatic heterocycles. The maximum atomic E-state index is 10.1. The van der Waals surface area contributed by atoms with E-state index < -0.39 is 0 Å². The Kier molecular flexibility index (Phi) is 1.87. The number of nitrogens with zero attached hydrogens (tertiary/aromatic N) is 2. The first-order valence-corrected chi connectivity index (χ1v) is 4.23. The zero-order valence-corrected chi connectivity index (χ0v) is 7.45. The van der Waals surface area contributed by atoms with E-state index in [1.54, 1.807) is 6.08 Å². The average molecular weight is 174 g/mol. The molecule has 0 saturated carbocycles. The minimum Gasteiger partial charge on any atom is -0.374 e. The van der Waals surface area contributed by atoms with Crippen LogP contribution < -0.4 is 4.90 Å². The molecule has 0 amide bonds. The molecule has 0 fully saturated rings. The van der Waals surface area contributed by atoms with E-state index in [0.717, 1.165) is 13.0 Å². The third-order valence-electron chi connectivity index (χ3n) is 2.37. The highest BCUT2D eigenvalue weighted by Gasteiger charge is 2.15.